The van der Waals surface area contributed by atoms with Crippen molar-refractivity contribution >= 4 is 38.9 Å². The van der Waals surface area contributed by atoms with Crippen molar-refractivity contribution in [2.24, 2.45) is 5.92 Å². The lowest BCUT2D eigenvalue weighted by molar-refractivity contribution is 0.0699. The molecular formula is C12H16BrClN2O. The number of nitrogens with one attached hydrogen (secondary N) is 1. The molecule has 5 heteroatoms. The minimum absolute atomic E-state index is 0.638. The normalized spacial score (nSPS) is 17.1. The molecule has 0 spiro atoms. The molecule has 0 bridgehead atoms. The fourth-order valence-electron chi connectivity index (χ4n) is 1.92. The zero-order valence-corrected chi connectivity index (χ0v) is 11.9. The van der Waals surface area contributed by atoms with Gasteiger partial charge in [0.2, 0.25) is 0 Å². The van der Waals surface area contributed by atoms with Gasteiger partial charge in [0.1, 0.15) is 0 Å². The van der Waals surface area contributed by atoms with Crippen LogP contribution in [0.2, 0.25) is 5.02 Å². The first kappa shape index (κ1) is 13.0. The summed E-state index contributed by atoms with van der Waals surface area (Å²) in [7, 11) is 0. The molecule has 0 atom stereocenters. The van der Waals surface area contributed by atoms with Gasteiger partial charge in [0.05, 0.1) is 16.4 Å². The van der Waals surface area contributed by atoms with E-state index >= 15 is 0 Å². The predicted octanol–water partition coefficient (Wildman–Crippen LogP) is 3.52. The quantitative estimate of drug-likeness (QED) is 0.838. The van der Waals surface area contributed by atoms with Gasteiger partial charge in [-0.25, -0.2) is 0 Å². The van der Waals surface area contributed by atoms with Crippen LogP contribution in [0.25, 0.3) is 0 Å². The molecule has 1 saturated heterocycles. The van der Waals surface area contributed by atoms with E-state index in [4.69, 9.17) is 22.1 Å². The third-order valence-corrected chi connectivity index (χ3v) is 4.21. The fraction of sp³-hybridized carbons (Fsp3) is 0.500. The van der Waals surface area contributed by atoms with Crippen molar-refractivity contribution < 1.29 is 4.74 Å². The third-order valence-electron chi connectivity index (χ3n) is 3.01. The first-order valence-electron chi connectivity index (χ1n) is 5.73. The summed E-state index contributed by atoms with van der Waals surface area (Å²) >= 11 is 9.36. The summed E-state index contributed by atoms with van der Waals surface area (Å²) < 4.78 is 6.20. The minimum atomic E-state index is 0.638. The van der Waals surface area contributed by atoms with Crippen LogP contribution < -0.4 is 11.1 Å². The number of nitrogen functional groups attached to an aromatic ring is 1. The van der Waals surface area contributed by atoms with Crippen LogP contribution in [0.3, 0.4) is 0 Å². The maximum Gasteiger partial charge on any atom is 0.0586 e. The van der Waals surface area contributed by atoms with E-state index in [0.717, 1.165) is 42.8 Å². The summed E-state index contributed by atoms with van der Waals surface area (Å²) in [5.74, 6) is 0.664. The van der Waals surface area contributed by atoms with Gasteiger partial charge in [-0.1, -0.05) is 11.6 Å². The highest BCUT2D eigenvalue weighted by atomic mass is 79.9. The van der Waals surface area contributed by atoms with E-state index in [-0.39, 0.29) is 0 Å². The third kappa shape index (κ3) is 3.50. The number of anilines is 2. The molecule has 3 nitrogen and oxygen atoms in total. The molecule has 0 aliphatic carbocycles. The first-order chi connectivity index (χ1) is 8.16. The Morgan fingerprint density at radius 3 is 2.82 bits per heavy atom. The topological polar surface area (TPSA) is 47.3 Å². The lowest BCUT2D eigenvalue weighted by Crippen LogP contribution is -2.22. The highest BCUT2D eigenvalue weighted by molar-refractivity contribution is 9.10. The summed E-state index contributed by atoms with van der Waals surface area (Å²) in [6, 6.07) is 3.69. The number of benzene rings is 1. The van der Waals surface area contributed by atoms with Crippen molar-refractivity contribution in [3.8, 4) is 0 Å². The van der Waals surface area contributed by atoms with Crippen molar-refractivity contribution in [2.75, 3.05) is 30.8 Å². The van der Waals surface area contributed by atoms with Gasteiger partial charge in [-0.2, -0.15) is 0 Å². The maximum atomic E-state index is 5.96. The summed E-state index contributed by atoms with van der Waals surface area (Å²) in [4.78, 5) is 0. The number of ether oxygens (including phenoxy) is 1. The highest BCUT2D eigenvalue weighted by Gasteiger charge is 2.14. The summed E-state index contributed by atoms with van der Waals surface area (Å²) in [5, 5.41) is 4.02. The lowest BCUT2D eigenvalue weighted by Gasteiger charge is -2.23. The Hall–Kier alpha value is -0.450. The molecule has 2 rings (SSSR count). The Bertz CT molecular complexity index is 394. The zero-order chi connectivity index (χ0) is 12.3. The molecule has 1 fully saturated rings. The summed E-state index contributed by atoms with van der Waals surface area (Å²) in [6.07, 6.45) is 2.23. The monoisotopic (exact) mass is 318 g/mol. The van der Waals surface area contributed by atoms with Gasteiger partial charge >= 0.3 is 0 Å². The molecule has 94 valence electrons. The maximum absolute atomic E-state index is 5.96. The average Bonchev–Trinajstić information content (AvgIpc) is 2.33. The molecule has 1 aliphatic rings. The van der Waals surface area contributed by atoms with Gasteiger partial charge in [0, 0.05) is 24.2 Å². The number of hydrogen-bond acceptors (Lipinski definition) is 3. The van der Waals surface area contributed by atoms with E-state index in [9.17, 15) is 0 Å². The van der Waals surface area contributed by atoms with Crippen LogP contribution in [0.4, 0.5) is 11.4 Å². The van der Waals surface area contributed by atoms with Crippen LogP contribution in [0, 0.1) is 5.92 Å². The van der Waals surface area contributed by atoms with Crippen LogP contribution in [-0.4, -0.2) is 19.8 Å². The second kappa shape index (κ2) is 5.94. The van der Waals surface area contributed by atoms with Gasteiger partial charge in [0.25, 0.3) is 0 Å². The van der Waals surface area contributed by atoms with E-state index in [1.54, 1.807) is 6.07 Å². The molecular weight excluding hydrogens is 304 g/mol. The number of rotatable bonds is 3. The van der Waals surface area contributed by atoms with Crippen LogP contribution in [0.5, 0.6) is 0 Å². The number of halogens is 2. The van der Waals surface area contributed by atoms with E-state index in [1.165, 1.54) is 0 Å². The molecule has 0 saturated carbocycles. The Morgan fingerprint density at radius 2 is 2.12 bits per heavy atom. The Morgan fingerprint density at radius 1 is 1.41 bits per heavy atom. The zero-order valence-electron chi connectivity index (χ0n) is 9.51. The molecule has 1 aromatic rings. The van der Waals surface area contributed by atoms with Gasteiger partial charge in [-0.3, -0.25) is 0 Å². The van der Waals surface area contributed by atoms with Crippen LogP contribution in [0.15, 0.2) is 16.6 Å². The van der Waals surface area contributed by atoms with Crippen molar-refractivity contribution in [2.45, 2.75) is 12.8 Å². The predicted molar refractivity (Wildman–Crippen MR) is 75.6 cm³/mol. The fourth-order valence-corrected chi connectivity index (χ4v) is 2.44. The standard InChI is InChI=1S/C12H16BrClN2O/c13-9-5-12(11(15)6-10(9)14)16-7-8-1-3-17-4-2-8/h5-6,8,16H,1-4,7,15H2. The molecule has 3 N–H and O–H groups in total. The summed E-state index contributed by atoms with van der Waals surface area (Å²) in [6.45, 7) is 2.67. The first-order valence-corrected chi connectivity index (χ1v) is 6.90. The van der Waals surface area contributed by atoms with E-state index in [2.05, 4.69) is 21.2 Å². The molecule has 1 heterocycles. The summed E-state index contributed by atoms with van der Waals surface area (Å²) in [5.41, 5.74) is 7.54. The van der Waals surface area contributed by atoms with Gasteiger partial charge in [-0.15, -0.1) is 0 Å². The lowest BCUT2D eigenvalue weighted by atomic mass is 10.0. The van der Waals surface area contributed by atoms with Crippen LogP contribution in [-0.2, 0) is 4.74 Å². The largest absolute Gasteiger partial charge is 0.397 e. The molecule has 1 aliphatic heterocycles. The SMILES string of the molecule is Nc1cc(Cl)c(Br)cc1NCC1CCOCC1. The second-order valence-electron chi connectivity index (χ2n) is 4.29. The molecule has 17 heavy (non-hydrogen) atoms. The number of nitrogens with two attached hydrogens (primary N) is 1. The van der Waals surface area contributed by atoms with Crippen molar-refractivity contribution in [3.63, 3.8) is 0 Å². The van der Waals surface area contributed by atoms with Gasteiger partial charge in [-0.05, 0) is 46.8 Å². The van der Waals surface area contributed by atoms with Crippen LogP contribution >= 0.6 is 27.5 Å². The molecule has 1 aromatic carbocycles. The van der Waals surface area contributed by atoms with Gasteiger partial charge < -0.3 is 15.8 Å². The van der Waals surface area contributed by atoms with E-state index in [0.29, 0.717) is 16.6 Å². The average molecular weight is 320 g/mol. The molecule has 0 aromatic heterocycles. The van der Waals surface area contributed by atoms with E-state index in [1.807, 2.05) is 6.07 Å². The van der Waals surface area contributed by atoms with Crippen molar-refractivity contribution in [1.29, 1.82) is 0 Å². The highest BCUT2D eigenvalue weighted by Crippen LogP contribution is 2.31. The second-order valence-corrected chi connectivity index (χ2v) is 5.55. The van der Waals surface area contributed by atoms with E-state index < -0.39 is 0 Å². The Labute approximate surface area is 115 Å². The molecule has 0 radical (unpaired) electrons. The molecule has 0 amide bonds. The smallest absolute Gasteiger partial charge is 0.0586 e. The molecule has 0 unspecified atom stereocenters. The van der Waals surface area contributed by atoms with Crippen LogP contribution in [0.1, 0.15) is 12.8 Å². The van der Waals surface area contributed by atoms with Gasteiger partial charge in [0.15, 0.2) is 0 Å². The number of hydrogen-bond donors (Lipinski definition) is 2. The Balaban J connectivity index is 1.96. The minimum Gasteiger partial charge on any atom is -0.397 e. The van der Waals surface area contributed by atoms with Crippen molar-refractivity contribution in [1.82, 2.24) is 0 Å². The van der Waals surface area contributed by atoms with Crippen molar-refractivity contribution in [3.05, 3.63) is 21.6 Å². The Kier molecular flexibility index (Phi) is 4.54.